The SMILES string of the molecule is CCC(C(C)C)n1c(C(C)(C)C)nc2c1CCNC2. The Morgan fingerprint density at radius 2 is 2.00 bits per heavy atom. The van der Waals surface area contributed by atoms with Gasteiger partial charge in [-0.1, -0.05) is 41.5 Å². The third kappa shape index (κ3) is 2.71. The topological polar surface area (TPSA) is 29.9 Å². The Labute approximate surface area is 117 Å². The van der Waals surface area contributed by atoms with E-state index in [4.69, 9.17) is 4.98 Å². The van der Waals surface area contributed by atoms with Crippen molar-refractivity contribution in [1.29, 1.82) is 0 Å². The van der Waals surface area contributed by atoms with Gasteiger partial charge in [-0.05, 0) is 12.3 Å². The minimum Gasteiger partial charge on any atom is -0.328 e. The molecule has 0 fully saturated rings. The van der Waals surface area contributed by atoms with Crippen LogP contribution in [-0.2, 0) is 18.4 Å². The Kier molecular flexibility index (Phi) is 4.05. The second-order valence-corrected chi connectivity index (χ2v) is 7.10. The normalized spacial score (nSPS) is 17.6. The molecule has 1 aromatic rings. The second-order valence-electron chi connectivity index (χ2n) is 7.10. The molecule has 0 amide bonds. The average Bonchev–Trinajstić information content (AvgIpc) is 2.69. The van der Waals surface area contributed by atoms with Gasteiger partial charge in [0.05, 0.1) is 5.69 Å². The Morgan fingerprint density at radius 3 is 2.53 bits per heavy atom. The van der Waals surface area contributed by atoms with Gasteiger partial charge in [0.2, 0.25) is 0 Å². The van der Waals surface area contributed by atoms with E-state index in [0.29, 0.717) is 12.0 Å². The van der Waals surface area contributed by atoms with Crippen LogP contribution in [0.4, 0.5) is 0 Å². The number of imidazole rings is 1. The number of hydrogen-bond acceptors (Lipinski definition) is 2. The highest BCUT2D eigenvalue weighted by Gasteiger charge is 2.30. The number of fused-ring (bicyclic) bond motifs is 1. The second kappa shape index (κ2) is 5.28. The van der Waals surface area contributed by atoms with Crippen LogP contribution in [0.2, 0.25) is 0 Å². The van der Waals surface area contributed by atoms with Crippen molar-refractivity contribution >= 4 is 0 Å². The minimum atomic E-state index is 0.111. The van der Waals surface area contributed by atoms with Crippen LogP contribution in [0.3, 0.4) is 0 Å². The molecule has 0 saturated carbocycles. The predicted molar refractivity (Wildman–Crippen MR) is 80.5 cm³/mol. The van der Waals surface area contributed by atoms with Gasteiger partial charge in [0.1, 0.15) is 5.82 Å². The molecular formula is C16H29N3. The average molecular weight is 263 g/mol. The van der Waals surface area contributed by atoms with Crippen molar-refractivity contribution in [3.63, 3.8) is 0 Å². The maximum absolute atomic E-state index is 4.97. The Bertz CT molecular complexity index is 438. The van der Waals surface area contributed by atoms with Gasteiger partial charge in [-0.15, -0.1) is 0 Å². The van der Waals surface area contributed by atoms with Crippen molar-refractivity contribution in [3.8, 4) is 0 Å². The standard InChI is InChI=1S/C16H29N3/c1-7-13(11(2)3)19-14-8-9-17-10-12(14)18-15(19)16(4,5)6/h11,13,17H,7-10H2,1-6H3. The maximum atomic E-state index is 4.97. The molecule has 2 heterocycles. The van der Waals surface area contributed by atoms with E-state index in [2.05, 4.69) is 51.4 Å². The van der Waals surface area contributed by atoms with E-state index >= 15 is 0 Å². The van der Waals surface area contributed by atoms with E-state index < -0.39 is 0 Å². The molecule has 1 atom stereocenters. The van der Waals surface area contributed by atoms with Crippen molar-refractivity contribution in [1.82, 2.24) is 14.9 Å². The molecule has 108 valence electrons. The molecule has 3 heteroatoms. The van der Waals surface area contributed by atoms with Gasteiger partial charge in [-0.25, -0.2) is 4.98 Å². The molecule has 19 heavy (non-hydrogen) atoms. The Hall–Kier alpha value is -0.830. The summed E-state index contributed by atoms with van der Waals surface area (Å²) in [5, 5.41) is 3.44. The fourth-order valence-electron chi connectivity index (χ4n) is 3.17. The van der Waals surface area contributed by atoms with Crippen molar-refractivity contribution in [2.45, 2.75) is 72.4 Å². The lowest BCUT2D eigenvalue weighted by atomic mass is 9.93. The smallest absolute Gasteiger partial charge is 0.114 e. The first-order chi connectivity index (χ1) is 8.86. The first-order valence-electron chi connectivity index (χ1n) is 7.67. The Morgan fingerprint density at radius 1 is 1.32 bits per heavy atom. The summed E-state index contributed by atoms with van der Waals surface area (Å²) in [7, 11) is 0. The zero-order valence-corrected chi connectivity index (χ0v) is 13.4. The van der Waals surface area contributed by atoms with Crippen LogP contribution in [-0.4, -0.2) is 16.1 Å². The predicted octanol–water partition coefficient (Wildman–Crippen LogP) is 3.43. The zero-order valence-electron chi connectivity index (χ0n) is 13.4. The van der Waals surface area contributed by atoms with E-state index in [0.717, 1.165) is 19.5 Å². The number of aromatic nitrogens is 2. The number of rotatable bonds is 3. The van der Waals surface area contributed by atoms with E-state index in [1.165, 1.54) is 23.6 Å². The first-order valence-corrected chi connectivity index (χ1v) is 7.67. The summed E-state index contributed by atoms with van der Waals surface area (Å²) >= 11 is 0. The molecule has 1 N–H and O–H groups in total. The third-order valence-electron chi connectivity index (χ3n) is 4.11. The van der Waals surface area contributed by atoms with Gasteiger partial charge in [-0.3, -0.25) is 0 Å². The highest BCUT2D eigenvalue weighted by molar-refractivity contribution is 5.24. The summed E-state index contributed by atoms with van der Waals surface area (Å²) in [6.45, 7) is 15.8. The van der Waals surface area contributed by atoms with E-state index in [1.54, 1.807) is 0 Å². The van der Waals surface area contributed by atoms with E-state index in [9.17, 15) is 0 Å². The van der Waals surface area contributed by atoms with Gasteiger partial charge in [0.25, 0.3) is 0 Å². The van der Waals surface area contributed by atoms with Crippen LogP contribution >= 0.6 is 0 Å². The summed E-state index contributed by atoms with van der Waals surface area (Å²) in [5.74, 6) is 1.92. The van der Waals surface area contributed by atoms with Crippen LogP contribution < -0.4 is 5.32 Å². The first kappa shape index (κ1) is 14.6. The lowest BCUT2D eigenvalue weighted by Crippen LogP contribution is -2.29. The Balaban J connectivity index is 2.58. The summed E-state index contributed by atoms with van der Waals surface area (Å²) < 4.78 is 2.57. The lowest BCUT2D eigenvalue weighted by Gasteiger charge is -2.30. The van der Waals surface area contributed by atoms with E-state index in [1.807, 2.05) is 0 Å². The molecule has 0 radical (unpaired) electrons. The van der Waals surface area contributed by atoms with Crippen LogP contribution in [0.25, 0.3) is 0 Å². The number of nitrogens with one attached hydrogen (secondary N) is 1. The van der Waals surface area contributed by atoms with Crippen molar-refractivity contribution in [2.24, 2.45) is 5.92 Å². The molecule has 3 nitrogen and oxygen atoms in total. The maximum Gasteiger partial charge on any atom is 0.114 e. The fourth-order valence-corrected chi connectivity index (χ4v) is 3.17. The van der Waals surface area contributed by atoms with Crippen LogP contribution in [0, 0.1) is 5.92 Å². The van der Waals surface area contributed by atoms with Crippen LogP contribution in [0.1, 0.15) is 71.2 Å². The van der Waals surface area contributed by atoms with Crippen molar-refractivity contribution in [3.05, 3.63) is 17.2 Å². The monoisotopic (exact) mass is 263 g/mol. The summed E-state index contributed by atoms with van der Waals surface area (Å²) in [5.41, 5.74) is 2.86. The lowest BCUT2D eigenvalue weighted by molar-refractivity contribution is 0.328. The summed E-state index contributed by atoms with van der Waals surface area (Å²) in [6.07, 6.45) is 2.29. The molecule has 0 aromatic carbocycles. The van der Waals surface area contributed by atoms with Gasteiger partial charge < -0.3 is 9.88 Å². The van der Waals surface area contributed by atoms with Crippen LogP contribution in [0.5, 0.6) is 0 Å². The minimum absolute atomic E-state index is 0.111. The molecule has 1 aliphatic heterocycles. The summed E-state index contributed by atoms with van der Waals surface area (Å²) in [4.78, 5) is 4.97. The highest BCUT2D eigenvalue weighted by Crippen LogP contribution is 2.33. The molecule has 1 unspecified atom stereocenters. The van der Waals surface area contributed by atoms with E-state index in [-0.39, 0.29) is 5.41 Å². The largest absolute Gasteiger partial charge is 0.328 e. The third-order valence-corrected chi connectivity index (χ3v) is 4.11. The highest BCUT2D eigenvalue weighted by atomic mass is 15.2. The summed E-state index contributed by atoms with van der Waals surface area (Å²) in [6, 6.07) is 0.573. The number of hydrogen-bond donors (Lipinski definition) is 1. The van der Waals surface area contributed by atoms with Crippen molar-refractivity contribution < 1.29 is 0 Å². The fraction of sp³-hybridized carbons (Fsp3) is 0.812. The zero-order chi connectivity index (χ0) is 14.2. The molecule has 1 aromatic heterocycles. The van der Waals surface area contributed by atoms with Gasteiger partial charge >= 0.3 is 0 Å². The van der Waals surface area contributed by atoms with Gasteiger partial charge in [0.15, 0.2) is 0 Å². The van der Waals surface area contributed by atoms with Crippen LogP contribution in [0.15, 0.2) is 0 Å². The molecule has 0 saturated heterocycles. The molecule has 2 rings (SSSR count). The van der Waals surface area contributed by atoms with Gasteiger partial charge in [0, 0.05) is 36.7 Å². The molecule has 0 aliphatic carbocycles. The number of nitrogens with zero attached hydrogens (tertiary/aromatic N) is 2. The van der Waals surface area contributed by atoms with Crippen molar-refractivity contribution in [2.75, 3.05) is 6.54 Å². The molecule has 0 bridgehead atoms. The van der Waals surface area contributed by atoms with Gasteiger partial charge in [-0.2, -0.15) is 0 Å². The molecule has 0 spiro atoms. The molecule has 1 aliphatic rings. The quantitative estimate of drug-likeness (QED) is 0.905. The molecular weight excluding hydrogens is 234 g/mol.